The number of hydrogen-bond acceptors (Lipinski definition) is 1. The first-order chi connectivity index (χ1) is 11.1. The highest BCUT2D eigenvalue weighted by molar-refractivity contribution is 6.30. The molecule has 2 aliphatic rings. The summed E-state index contributed by atoms with van der Waals surface area (Å²) in [5.41, 5.74) is -3.16. The summed E-state index contributed by atoms with van der Waals surface area (Å²) in [4.78, 5) is 13.0. The average Bonchev–Trinajstić information content (AvgIpc) is 3.22. The minimum absolute atomic E-state index is 0.0849. The van der Waals surface area contributed by atoms with Crippen LogP contribution in [0.1, 0.15) is 32.3 Å². The molecule has 3 rings (SSSR count). The molecule has 0 saturated heterocycles. The van der Waals surface area contributed by atoms with Crippen molar-refractivity contribution in [2.45, 2.75) is 38.4 Å². The fourth-order valence-electron chi connectivity index (χ4n) is 2.85. The van der Waals surface area contributed by atoms with Crippen LogP contribution in [0, 0.1) is 17.3 Å². The number of nitrogens with zero attached hydrogens (tertiary/aromatic N) is 1. The molecule has 1 aliphatic heterocycles. The van der Waals surface area contributed by atoms with Crippen LogP contribution in [0.15, 0.2) is 18.2 Å². The van der Waals surface area contributed by atoms with Crippen LogP contribution in [-0.2, 0) is 5.54 Å². The lowest BCUT2D eigenvalue weighted by atomic mass is 9.84. The average molecular weight is 357 g/mol. The van der Waals surface area contributed by atoms with Crippen LogP contribution in [0.2, 0.25) is 5.02 Å². The fourth-order valence-corrected chi connectivity index (χ4v) is 3.02. The molecule has 1 N–H and O–H groups in total. The highest BCUT2D eigenvalue weighted by Crippen LogP contribution is 2.51. The first-order valence-corrected chi connectivity index (χ1v) is 8.00. The molecule has 0 radical (unpaired) electrons. The zero-order valence-electron chi connectivity index (χ0n) is 13.2. The van der Waals surface area contributed by atoms with E-state index in [-0.39, 0.29) is 22.8 Å². The molecule has 1 atom stereocenters. The number of anilines is 1. The Morgan fingerprint density at radius 3 is 2.54 bits per heavy atom. The van der Waals surface area contributed by atoms with E-state index in [0.29, 0.717) is 0 Å². The highest BCUT2D eigenvalue weighted by Gasteiger charge is 2.63. The summed E-state index contributed by atoms with van der Waals surface area (Å²) < 4.78 is 42.7. The van der Waals surface area contributed by atoms with Gasteiger partial charge in [-0.1, -0.05) is 23.4 Å². The summed E-state index contributed by atoms with van der Waals surface area (Å²) in [5.74, 6) is 5.18. The van der Waals surface area contributed by atoms with E-state index in [2.05, 4.69) is 17.2 Å². The monoisotopic (exact) mass is 356 g/mol. The Balaban J connectivity index is 2.32. The van der Waals surface area contributed by atoms with E-state index >= 15 is 0 Å². The second kappa shape index (κ2) is 5.32. The van der Waals surface area contributed by atoms with Crippen LogP contribution in [0.5, 0.6) is 0 Å². The van der Waals surface area contributed by atoms with Gasteiger partial charge in [0.05, 0.1) is 0 Å². The van der Waals surface area contributed by atoms with E-state index < -0.39 is 23.2 Å². The number of benzene rings is 1. The number of halogens is 4. The van der Waals surface area contributed by atoms with Crippen molar-refractivity contribution < 1.29 is 18.0 Å². The first-order valence-electron chi connectivity index (χ1n) is 7.63. The maximum Gasteiger partial charge on any atom is 0.427 e. The van der Waals surface area contributed by atoms with Gasteiger partial charge in [-0.2, -0.15) is 13.2 Å². The van der Waals surface area contributed by atoms with Crippen LogP contribution in [0.4, 0.5) is 23.7 Å². The van der Waals surface area contributed by atoms with Crippen molar-refractivity contribution in [2.24, 2.45) is 5.41 Å². The van der Waals surface area contributed by atoms with E-state index in [0.717, 1.165) is 17.7 Å². The zero-order valence-corrected chi connectivity index (χ0v) is 14.0. The molecule has 3 nitrogen and oxygen atoms in total. The second-order valence-corrected chi connectivity index (χ2v) is 6.82. The predicted octanol–water partition coefficient (Wildman–Crippen LogP) is 4.77. The smallest absolute Gasteiger partial charge is 0.307 e. The molecule has 1 aromatic rings. The van der Waals surface area contributed by atoms with Gasteiger partial charge < -0.3 is 5.32 Å². The number of carbonyl (C=O) groups is 1. The molecule has 1 aromatic carbocycles. The van der Waals surface area contributed by atoms with Gasteiger partial charge in [0.2, 0.25) is 5.54 Å². The molecule has 0 aromatic heterocycles. The first kappa shape index (κ1) is 17.0. The number of fused-ring (bicyclic) bond motifs is 1. The topological polar surface area (TPSA) is 32.3 Å². The summed E-state index contributed by atoms with van der Waals surface area (Å²) in [6.07, 6.45) is -3.25. The van der Waals surface area contributed by atoms with Crippen LogP contribution >= 0.6 is 11.6 Å². The Kier molecular flexibility index (Phi) is 3.76. The molecule has 1 aliphatic carbocycles. The Hall–Kier alpha value is -1.87. The standard InChI is InChI=1S/C17H16ClF3N2O/c1-3-23-14(24)22-13-5-4-11(18)10-12(13)16(23,17(19,20)21)9-8-15(2)6-7-15/h4-5,10H,3,6-7H2,1-2H3,(H,22,24). The summed E-state index contributed by atoms with van der Waals surface area (Å²) >= 11 is 5.94. The van der Waals surface area contributed by atoms with Crippen molar-refractivity contribution in [1.29, 1.82) is 0 Å². The summed E-state index contributed by atoms with van der Waals surface area (Å²) in [6, 6.07) is 3.24. The van der Waals surface area contributed by atoms with Crippen molar-refractivity contribution in [3.8, 4) is 11.8 Å². The largest absolute Gasteiger partial charge is 0.427 e. The predicted molar refractivity (Wildman–Crippen MR) is 85.7 cm³/mol. The molecule has 7 heteroatoms. The van der Waals surface area contributed by atoms with E-state index in [4.69, 9.17) is 11.6 Å². The summed E-state index contributed by atoms with van der Waals surface area (Å²) in [5, 5.41) is 2.65. The van der Waals surface area contributed by atoms with Gasteiger partial charge in [-0.05, 0) is 44.9 Å². The Morgan fingerprint density at radius 2 is 2.00 bits per heavy atom. The van der Waals surface area contributed by atoms with E-state index in [1.807, 2.05) is 6.92 Å². The normalized spacial score (nSPS) is 24.6. The third-order valence-electron chi connectivity index (χ3n) is 4.53. The Morgan fingerprint density at radius 1 is 1.33 bits per heavy atom. The molecule has 24 heavy (non-hydrogen) atoms. The van der Waals surface area contributed by atoms with Gasteiger partial charge in [-0.25, -0.2) is 4.79 Å². The third-order valence-corrected chi connectivity index (χ3v) is 4.77. The van der Waals surface area contributed by atoms with Gasteiger partial charge in [-0.15, -0.1) is 0 Å². The molecule has 2 amide bonds. The summed E-state index contributed by atoms with van der Waals surface area (Å²) in [6.45, 7) is 3.18. The van der Waals surface area contributed by atoms with Gasteiger partial charge in [0.15, 0.2) is 0 Å². The van der Waals surface area contributed by atoms with E-state index in [9.17, 15) is 18.0 Å². The van der Waals surface area contributed by atoms with E-state index in [1.165, 1.54) is 25.1 Å². The lowest BCUT2D eigenvalue weighted by Gasteiger charge is -2.45. The number of carbonyl (C=O) groups excluding carboxylic acids is 1. The van der Waals surface area contributed by atoms with Gasteiger partial charge in [0, 0.05) is 28.2 Å². The maximum atomic E-state index is 14.2. The third kappa shape index (κ3) is 2.51. The highest BCUT2D eigenvalue weighted by atomic mass is 35.5. The molecule has 1 heterocycles. The van der Waals surface area contributed by atoms with Crippen LogP contribution in [-0.4, -0.2) is 23.7 Å². The molecule has 1 fully saturated rings. The molecular formula is C17H16ClF3N2O. The molecule has 128 valence electrons. The van der Waals surface area contributed by atoms with Gasteiger partial charge >= 0.3 is 12.2 Å². The van der Waals surface area contributed by atoms with Gasteiger partial charge in [0.1, 0.15) is 0 Å². The second-order valence-electron chi connectivity index (χ2n) is 6.38. The Bertz CT molecular complexity index is 761. The molecule has 1 saturated carbocycles. The number of urea groups is 1. The van der Waals surface area contributed by atoms with Crippen molar-refractivity contribution >= 4 is 23.3 Å². The van der Waals surface area contributed by atoms with Crippen molar-refractivity contribution in [1.82, 2.24) is 4.90 Å². The quantitative estimate of drug-likeness (QED) is 0.722. The minimum Gasteiger partial charge on any atom is -0.307 e. The SMILES string of the molecule is CCN1C(=O)Nc2ccc(Cl)cc2C1(C#CC1(C)CC1)C(F)(F)F. The van der Waals surface area contributed by atoms with Gasteiger partial charge in [0.25, 0.3) is 0 Å². The molecule has 0 spiro atoms. The lowest BCUT2D eigenvalue weighted by molar-refractivity contribution is -0.206. The molecular weight excluding hydrogens is 341 g/mol. The van der Waals surface area contributed by atoms with Crippen molar-refractivity contribution in [3.05, 3.63) is 28.8 Å². The number of amides is 2. The number of rotatable bonds is 1. The summed E-state index contributed by atoms with van der Waals surface area (Å²) in [7, 11) is 0. The van der Waals surface area contributed by atoms with Crippen molar-refractivity contribution in [3.63, 3.8) is 0 Å². The lowest BCUT2D eigenvalue weighted by Crippen LogP contribution is -2.61. The van der Waals surface area contributed by atoms with E-state index in [1.54, 1.807) is 0 Å². The number of alkyl halides is 3. The Labute approximate surface area is 143 Å². The van der Waals surface area contributed by atoms with Crippen LogP contribution in [0.3, 0.4) is 0 Å². The number of nitrogens with one attached hydrogen (secondary N) is 1. The van der Waals surface area contributed by atoms with Crippen molar-refractivity contribution in [2.75, 3.05) is 11.9 Å². The zero-order chi connectivity index (χ0) is 17.8. The van der Waals surface area contributed by atoms with Crippen LogP contribution in [0.25, 0.3) is 0 Å². The number of hydrogen-bond donors (Lipinski definition) is 1. The minimum atomic E-state index is -4.77. The molecule has 0 bridgehead atoms. The van der Waals surface area contributed by atoms with Gasteiger partial charge in [-0.3, -0.25) is 4.90 Å². The molecule has 1 unspecified atom stereocenters. The fraction of sp³-hybridized carbons (Fsp3) is 0.471. The maximum absolute atomic E-state index is 14.2. The van der Waals surface area contributed by atoms with Crippen LogP contribution < -0.4 is 5.32 Å².